The van der Waals surface area contributed by atoms with Crippen LogP contribution >= 0.6 is 23.4 Å². The Hall–Kier alpha value is -3.16. The molecule has 1 aliphatic rings. The van der Waals surface area contributed by atoms with Crippen molar-refractivity contribution in [1.29, 1.82) is 0 Å². The Morgan fingerprint density at radius 1 is 1.09 bits per heavy atom. The second-order valence-corrected chi connectivity index (χ2v) is 9.58. The number of halogens is 2. The van der Waals surface area contributed by atoms with E-state index in [0.717, 1.165) is 22.4 Å². The predicted octanol–water partition coefficient (Wildman–Crippen LogP) is 6.26. The number of amides is 2. The van der Waals surface area contributed by atoms with Crippen molar-refractivity contribution in [2.24, 2.45) is 4.99 Å². The van der Waals surface area contributed by atoms with Gasteiger partial charge in [0, 0.05) is 17.1 Å². The number of rotatable bonds is 6. The Labute approximate surface area is 207 Å². The maximum Gasteiger partial charge on any atom is 0.242 e. The molecule has 0 aliphatic carbocycles. The molecule has 2 amide bonds. The summed E-state index contributed by atoms with van der Waals surface area (Å²) in [6.07, 6.45) is -0.0117. The molecular weight excluding hydrogens is 473 g/mol. The van der Waals surface area contributed by atoms with Crippen molar-refractivity contribution in [2.45, 2.75) is 32.1 Å². The number of hydrogen-bond donors (Lipinski definition) is 1. The zero-order chi connectivity index (χ0) is 24.2. The molecule has 5 nitrogen and oxygen atoms in total. The first-order valence-electron chi connectivity index (χ1n) is 10.7. The molecule has 1 atom stereocenters. The van der Waals surface area contributed by atoms with Crippen LogP contribution in [0.5, 0.6) is 0 Å². The summed E-state index contributed by atoms with van der Waals surface area (Å²) in [7, 11) is 0. The first-order chi connectivity index (χ1) is 16.3. The Kier molecular flexibility index (Phi) is 7.34. The lowest BCUT2D eigenvalue weighted by molar-refractivity contribution is -0.128. The molecule has 1 unspecified atom stereocenters. The van der Waals surface area contributed by atoms with E-state index in [1.54, 1.807) is 35.2 Å². The summed E-state index contributed by atoms with van der Waals surface area (Å²) in [5.41, 5.74) is 3.88. The Bertz CT molecular complexity index is 1260. The van der Waals surface area contributed by atoms with Crippen LogP contribution in [0.15, 0.2) is 71.7 Å². The molecular formula is C26H23ClFN3O2S. The summed E-state index contributed by atoms with van der Waals surface area (Å²) < 4.78 is 13.4. The van der Waals surface area contributed by atoms with Gasteiger partial charge in [-0.1, -0.05) is 59.8 Å². The van der Waals surface area contributed by atoms with Gasteiger partial charge >= 0.3 is 0 Å². The second kappa shape index (κ2) is 10.4. The zero-order valence-electron chi connectivity index (χ0n) is 18.7. The fourth-order valence-corrected chi connectivity index (χ4v) is 4.87. The van der Waals surface area contributed by atoms with Crippen LogP contribution < -0.4 is 5.32 Å². The summed E-state index contributed by atoms with van der Waals surface area (Å²) >= 11 is 7.41. The molecule has 34 heavy (non-hydrogen) atoms. The highest BCUT2D eigenvalue weighted by atomic mass is 35.5. The van der Waals surface area contributed by atoms with Gasteiger partial charge < -0.3 is 5.32 Å². The number of hydrogen-bond acceptors (Lipinski definition) is 4. The average Bonchev–Trinajstić information content (AvgIpc) is 3.08. The SMILES string of the molecule is Cc1ccccc1N=C1SC(CC(=O)Nc2cccc(Cl)c2C)C(=O)N1Cc1ccc(F)cc1. The largest absolute Gasteiger partial charge is 0.326 e. The standard InChI is InChI=1S/C26H23ClFN3O2S/c1-16-6-3-4-8-21(16)30-26-31(15-18-10-12-19(28)13-11-18)25(33)23(34-26)14-24(32)29-22-9-5-7-20(27)17(22)2/h3-13,23H,14-15H2,1-2H3,(H,29,32). The monoisotopic (exact) mass is 495 g/mol. The molecule has 8 heteroatoms. The minimum Gasteiger partial charge on any atom is -0.326 e. The Morgan fingerprint density at radius 3 is 2.56 bits per heavy atom. The molecule has 0 aromatic heterocycles. The summed E-state index contributed by atoms with van der Waals surface area (Å²) in [6.45, 7) is 4.01. The van der Waals surface area contributed by atoms with E-state index in [0.29, 0.717) is 15.9 Å². The average molecular weight is 496 g/mol. The van der Waals surface area contributed by atoms with Crippen molar-refractivity contribution in [2.75, 3.05) is 5.32 Å². The molecule has 3 aromatic carbocycles. The summed E-state index contributed by atoms with van der Waals surface area (Å²) in [4.78, 5) is 32.4. The van der Waals surface area contributed by atoms with Crippen molar-refractivity contribution < 1.29 is 14.0 Å². The number of carbonyl (C=O) groups excluding carboxylic acids is 2. The van der Waals surface area contributed by atoms with E-state index in [9.17, 15) is 14.0 Å². The van der Waals surface area contributed by atoms with E-state index in [1.807, 2.05) is 38.1 Å². The maximum absolute atomic E-state index is 13.4. The predicted molar refractivity (Wildman–Crippen MR) is 136 cm³/mol. The van der Waals surface area contributed by atoms with Gasteiger partial charge in [-0.3, -0.25) is 14.5 Å². The number of nitrogens with one attached hydrogen (secondary N) is 1. The molecule has 3 aromatic rings. The number of benzene rings is 3. The second-order valence-electron chi connectivity index (χ2n) is 8.00. The number of nitrogens with zero attached hydrogens (tertiary/aromatic N) is 2. The van der Waals surface area contributed by atoms with Crippen LogP contribution in [-0.2, 0) is 16.1 Å². The van der Waals surface area contributed by atoms with Crippen LogP contribution in [-0.4, -0.2) is 27.1 Å². The number of carbonyl (C=O) groups is 2. The van der Waals surface area contributed by atoms with Crippen molar-refractivity contribution in [3.05, 3.63) is 94.3 Å². The third kappa shape index (κ3) is 5.48. The minimum absolute atomic E-state index is 0.0117. The van der Waals surface area contributed by atoms with Crippen molar-refractivity contribution in [3.63, 3.8) is 0 Å². The van der Waals surface area contributed by atoms with Gasteiger partial charge in [-0.15, -0.1) is 0 Å². The van der Waals surface area contributed by atoms with Gasteiger partial charge in [-0.05, 0) is 60.9 Å². The Balaban J connectivity index is 1.57. The highest BCUT2D eigenvalue weighted by molar-refractivity contribution is 8.15. The first kappa shape index (κ1) is 24.0. The molecule has 0 spiro atoms. The molecule has 0 bridgehead atoms. The highest BCUT2D eigenvalue weighted by Gasteiger charge is 2.39. The molecule has 1 N–H and O–H groups in total. The highest BCUT2D eigenvalue weighted by Crippen LogP contribution is 2.34. The van der Waals surface area contributed by atoms with Crippen LogP contribution in [0.3, 0.4) is 0 Å². The van der Waals surface area contributed by atoms with Gasteiger partial charge in [0.25, 0.3) is 0 Å². The fourth-order valence-electron chi connectivity index (χ4n) is 3.55. The van der Waals surface area contributed by atoms with Gasteiger partial charge in [0.15, 0.2) is 5.17 Å². The lowest BCUT2D eigenvalue weighted by atomic mass is 10.1. The van der Waals surface area contributed by atoms with E-state index in [2.05, 4.69) is 5.32 Å². The van der Waals surface area contributed by atoms with Crippen LogP contribution in [0.4, 0.5) is 15.8 Å². The number of thioether (sulfide) groups is 1. The maximum atomic E-state index is 13.4. The topological polar surface area (TPSA) is 61.8 Å². The number of aliphatic imine (C=N–C) groups is 1. The number of aryl methyl sites for hydroxylation is 1. The van der Waals surface area contributed by atoms with Gasteiger partial charge in [-0.2, -0.15) is 0 Å². The fraction of sp³-hybridized carbons (Fsp3) is 0.192. The molecule has 1 saturated heterocycles. The Morgan fingerprint density at radius 2 is 1.82 bits per heavy atom. The van der Waals surface area contributed by atoms with Gasteiger partial charge in [0.1, 0.15) is 11.1 Å². The van der Waals surface area contributed by atoms with Crippen LogP contribution in [0.1, 0.15) is 23.1 Å². The van der Waals surface area contributed by atoms with Gasteiger partial charge in [0.2, 0.25) is 11.8 Å². The lowest BCUT2D eigenvalue weighted by Gasteiger charge is -2.17. The van der Waals surface area contributed by atoms with E-state index in [1.165, 1.54) is 23.9 Å². The molecule has 4 rings (SSSR count). The summed E-state index contributed by atoms with van der Waals surface area (Å²) in [5.74, 6) is -0.833. The summed E-state index contributed by atoms with van der Waals surface area (Å²) in [5, 5.41) is 3.30. The molecule has 1 fully saturated rings. The van der Waals surface area contributed by atoms with E-state index < -0.39 is 5.25 Å². The number of para-hydroxylation sites is 1. The van der Waals surface area contributed by atoms with Crippen molar-refractivity contribution >= 4 is 51.7 Å². The van der Waals surface area contributed by atoms with E-state index in [4.69, 9.17) is 16.6 Å². The third-order valence-electron chi connectivity index (χ3n) is 5.52. The summed E-state index contributed by atoms with van der Waals surface area (Å²) in [6, 6.07) is 18.9. The number of amidine groups is 1. The van der Waals surface area contributed by atoms with Crippen molar-refractivity contribution in [1.82, 2.24) is 4.90 Å². The quantitative estimate of drug-likeness (QED) is 0.439. The first-order valence-corrected chi connectivity index (χ1v) is 12.0. The minimum atomic E-state index is -0.622. The van der Waals surface area contributed by atoms with Crippen molar-refractivity contribution in [3.8, 4) is 0 Å². The molecule has 1 heterocycles. The van der Waals surface area contributed by atoms with E-state index >= 15 is 0 Å². The van der Waals surface area contributed by atoms with Crippen LogP contribution in [0, 0.1) is 19.7 Å². The lowest BCUT2D eigenvalue weighted by Crippen LogP contribution is -2.33. The molecule has 1 aliphatic heterocycles. The molecule has 0 radical (unpaired) electrons. The molecule has 174 valence electrons. The van der Waals surface area contributed by atoms with E-state index in [-0.39, 0.29) is 30.6 Å². The third-order valence-corrected chi connectivity index (χ3v) is 7.10. The smallest absolute Gasteiger partial charge is 0.242 e. The van der Waals surface area contributed by atoms with Gasteiger partial charge in [0.05, 0.1) is 12.2 Å². The van der Waals surface area contributed by atoms with Gasteiger partial charge in [-0.25, -0.2) is 9.38 Å². The normalized spacial score (nSPS) is 16.8. The van der Waals surface area contributed by atoms with Crippen LogP contribution in [0.25, 0.3) is 0 Å². The zero-order valence-corrected chi connectivity index (χ0v) is 20.3. The number of anilines is 1. The molecule has 0 saturated carbocycles. The van der Waals surface area contributed by atoms with Crippen LogP contribution in [0.2, 0.25) is 5.02 Å².